The van der Waals surface area contributed by atoms with Gasteiger partial charge in [0.1, 0.15) is 57.5 Å². The number of esters is 17. The van der Waals surface area contributed by atoms with E-state index in [9.17, 15) is 86.3 Å². The van der Waals surface area contributed by atoms with Crippen molar-refractivity contribution < 1.29 is 214 Å². The highest BCUT2D eigenvalue weighted by Gasteiger charge is 2.58. The normalized spacial score (nSPS) is 24.8. The summed E-state index contributed by atoms with van der Waals surface area (Å²) < 4.78 is 143. The third-order valence-corrected chi connectivity index (χ3v) is 18.8. The Kier molecular flexibility index (Phi) is 47.2. The van der Waals surface area contributed by atoms with Crippen molar-refractivity contribution in [2.24, 2.45) is 0 Å². The third kappa shape index (κ3) is 39.7. The molecule has 1 N–H and O–H groups in total. The van der Waals surface area contributed by atoms with Gasteiger partial charge in [-0.05, 0) is 18.4 Å². The Hall–Kier alpha value is -11.7. The molecule has 738 valence electrons. The summed E-state index contributed by atoms with van der Waals surface area (Å²) in [5.41, 5.74) is 0.746. The van der Waals surface area contributed by atoms with E-state index in [0.29, 0.717) is 12.8 Å². The second kappa shape index (κ2) is 56.2. The van der Waals surface area contributed by atoms with E-state index < -0.39 is 341 Å². The van der Waals surface area contributed by atoms with E-state index in [0.717, 1.165) is 131 Å². The number of benzene rings is 1. The maximum absolute atomic E-state index is 15.8. The Morgan fingerprint density at radius 2 is 0.538 bits per heavy atom. The number of hydrogen-bond donors (Lipinski definition) is 1. The Balaban J connectivity index is 1.70. The lowest BCUT2D eigenvalue weighted by Crippen LogP contribution is -2.63. The molecular weight excluding hydrogens is 1770 g/mol. The summed E-state index contributed by atoms with van der Waals surface area (Å²) in [4.78, 5) is 265. The van der Waals surface area contributed by atoms with E-state index in [2.05, 4.69) is 5.32 Å². The second-order valence-electron chi connectivity index (χ2n) is 30.0. The number of nitrogens with one attached hydrogen (secondary N) is 1. The van der Waals surface area contributed by atoms with Gasteiger partial charge in [0.2, 0.25) is 17.7 Å². The van der Waals surface area contributed by atoms with Gasteiger partial charge in [0, 0.05) is 150 Å². The van der Waals surface area contributed by atoms with E-state index >= 15 is 9.59 Å². The van der Waals surface area contributed by atoms with Gasteiger partial charge in [-0.15, -0.1) is 0 Å². The summed E-state index contributed by atoms with van der Waals surface area (Å²) in [6, 6.07) is 8.89. The molecule has 0 aromatic heterocycles. The molecular formula is C83H116N4O45. The molecule has 49 heteroatoms. The number of unbranched alkanes of at least 4 members (excludes halogenated alkanes) is 2. The average Bonchev–Trinajstić information content (AvgIpc) is 0.800. The Morgan fingerprint density at radius 3 is 0.788 bits per heavy atom. The van der Waals surface area contributed by atoms with Crippen LogP contribution in [0, 0.1) is 0 Å². The minimum atomic E-state index is -1.89. The zero-order valence-electron chi connectivity index (χ0n) is 76.0. The maximum atomic E-state index is 15.8. The van der Waals surface area contributed by atoms with Gasteiger partial charge in [0.25, 0.3) is 0 Å². The third-order valence-electron chi connectivity index (χ3n) is 18.8. The summed E-state index contributed by atoms with van der Waals surface area (Å²) in [6.07, 6.45) is -34.0. The van der Waals surface area contributed by atoms with Crippen LogP contribution in [0.5, 0.6) is 0 Å². The predicted octanol–water partition coefficient (Wildman–Crippen LogP) is -1.24. The van der Waals surface area contributed by atoms with Crippen LogP contribution in [-0.4, -0.2) is 362 Å². The van der Waals surface area contributed by atoms with Gasteiger partial charge in [0.05, 0.1) is 46.1 Å². The van der Waals surface area contributed by atoms with Gasteiger partial charge in [-0.3, -0.25) is 101 Å². The highest BCUT2D eigenvalue weighted by Crippen LogP contribution is 2.35. The van der Waals surface area contributed by atoms with Crippen molar-refractivity contribution in [2.75, 3.05) is 105 Å². The Morgan fingerprint density at radius 1 is 0.288 bits per heavy atom. The first kappa shape index (κ1) is 111. The first-order chi connectivity index (χ1) is 62.3. The van der Waals surface area contributed by atoms with Gasteiger partial charge in [-0.2, -0.15) is 0 Å². The highest BCUT2D eigenvalue weighted by molar-refractivity contribution is 5.84. The number of carbonyl (C=O) groups excluding carboxylic acids is 20. The van der Waals surface area contributed by atoms with E-state index in [-0.39, 0.29) is 26.0 Å². The highest BCUT2D eigenvalue weighted by atomic mass is 16.8. The largest absolute Gasteiger partial charge is 0.463 e. The topological polar surface area (TPSA) is 594 Å². The molecule has 20 atom stereocenters. The quantitative estimate of drug-likeness (QED) is 0.0453. The molecule has 4 aliphatic heterocycles. The molecule has 0 bridgehead atoms. The van der Waals surface area contributed by atoms with Gasteiger partial charge in [-0.1, -0.05) is 36.8 Å². The first-order valence-electron chi connectivity index (χ1n) is 41.7. The van der Waals surface area contributed by atoms with Gasteiger partial charge in [0.15, 0.2) is 98.4 Å². The summed E-state index contributed by atoms with van der Waals surface area (Å²) >= 11 is 0. The van der Waals surface area contributed by atoms with Gasteiger partial charge in [-0.25, -0.2) is 0 Å². The van der Waals surface area contributed by atoms with Crippen LogP contribution in [0.3, 0.4) is 0 Å². The van der Waals surface area contributed by atoms with E-state index in [1.165, 1.54) is 0 Å². The van der Waals surface area contributed by atoms with E-state index in [1.54, 1.807) is 30.3 Å². The molecule has 0 radical (unpaired) electrons. The lowest BCUT2D eigenvalue weighted by Gasteiger charge is -2.44. The summed E-state index contributed by atoms with van der Waals surface area (Å²) in [5, 5.41) is 2.72. The molecule has 5 rings (SSSR count). The number of carbonyl (C=O) groups is 20. The molecule has 0 spiro atoms. The summed E-state index contributed by atoms with van der Waals surface area (Å²) in [5.74, 6) is -19.1. The van der Waals surface area contributed by atoms with Crippen LogP contribution in [0.15, 0.2) is 30.3 Å². The van der Waals surface area contributed by atoms with Crippen molar-refractivity contribution in [3.63, 3.8) is 0 Å². The van der Waals surface area contributed by atoms with E-state index in [1.807, 2.05) is 0 Å². The van der Waals surface area contributed by atoms with Crippen LogP contribution >= 0.6 is 0 Å². The molecule has 4 fully saturated rings. The number of hydrogen-bond acceptors (Lipinski definition) is 46. The average molecular weight is 1890 g/mol. The molecule has 4 saturated heterocycles. The lowest BCUT2D eigenvalue weighted by atomic mass is 9.98. The fraction of sp³-hybridized carbons (Fsp3) is 0.687. The second-order valence-corrected chi connectivity index (χ2v) is 30.0. The molecule has 49 nitrogen and oxygen atoms in total. The Labute approximate surface area is 757 Å². The molecule has 0 saturated carbocycles. The number of ether oxygens (including phenoxy) is 25. The van der Waals surface area contributed by atoms with Crippen molar-refractivity contribution >= 4 is 119 Å². The first-order valence-corrected chi connectivity index (χ1v) is 41.7. The lowest BCUT2D eigenvalue weighted by molar-refractivity contribution is -0.309. The van der Waals surface area contributed by atoms with Crippen LogP contribution in [0.4, 0.5) is 0 Å². The van der Waals surface area contributed by atoms with Crippen molar-refractivity contribution in [1.29, 1.82) is 0 Å². The number of rotatable bonds is 50. The van der Waals surface area contributed by atoms with Crippen molar-refractivity contribution in [2.45, 2.75) is 266 Å². The maximum Gasteiger partial charge on any atom is 0.306 e. The standard InChI is InChI=1S/C83H116N4O45/c1-43(88)112-39-60-68(117-47(5)92)72(121-51(9)96)76(125-55(13)100)80(129-60)108-31-27-86(28-32-109-81-77(126-56(14)101)73(122-52(10)97)69(118-48(6)93)61(130-81)40-113-44(2)89)65(105)36-85(35-64(104)84-26-22-18-21-25-67(107)116-38-59-23-19-17-20-24-59)37-66(106)87(29-33-110-82-78(127-57(15)102)74(123-53(11)98)70(119-49(7)94)62(131-82)41-114-45(3)90)30-34-111-83-79(128-58(16)103)75(124-54(12)99)71(120-50(8)95)63(132-83)42-115-46(4)91/h17,19-20,23-24,60-63,68-83H,18,21-22,25-42H2,1-16H3,(H,84,104)/t60-,61-,62-,63-,68-,69-,70-,71-,72+,73+,74+,75+,76+,77+,78+,79+,80+,81+,82+,83+/m1/s1. The van der Waals surface area contributed by atoms with Crippen molar-refractivity contribution in [3.8, 4) is 0 Å². The number of nitrogens with zero attached hydrogens (tertiary/aromatic N) is 3. The van der Waals surface area contributed by atoms with Crippen molar-refractivity contribution in [3.05, 3.63) is 35.9 Å². The molecule has 0 aliphatic carbocycles. The molecule has 4 aliphatic rings. The summed E-state index contributed by atoms with van der Waals surface area (Å²) in [7, 11) is 0. The van der Waals surface area contributed by atoms with Crippen LogP contribution in [0.25, 0.3) is 0 Å². The fourth-order valence-electron chi connectivity index (χ4n) is 13.7. The predicted molar refractivity (Wildman–Crippen MR) is 429 cm³/mol. The minimum absolute atomic E-state index is 0.00639. The van der Waals surface area contributed by atoms with E-state index in [4.69, 9.17) is 118 Å². The fourth-order valence-corrected chi connectivity index (χ4v) is 13.7. The van der Waals surface area contributed by atoms with Crippen LogP contribution < -0.4 is 5.32 Å². The molecule has 0 unspecified atom stereocenters. The zero-order valence-corrected chi connectivity index (χ0v) is 76.0. The molecule has 1 aromatic carbocycles. The zero-order chi connectivity index (χ0) is 98.2. The van der Waals surface area contributed by atoms with Gasteiger partial charge < -0.3 is 134 Å². The summed E-state index contributed by atoms with van der Waals surface area (Å²) in [6.45, 7) is 4.26. The van der Waals surface area contributed by atoms with Crippen LogP contribution in [0.2, 0.25) is 0 Å². The Bertz CT molecular complexity index is 3700. The molecule has 1 aromatic rings. The monoisotopic (exact) mass is 1890 g/mol. The SMILES string of the molecule is CC(=O)OC[C@H]1O[C@H](OCCN(CCO[C@H]2O[C@H](COC(C)=O)[C@@H](OC(C)=O)[C@H](OC(C)=O)[C@@H]2OC(C)=O)C(=O)CN(CC(=O)NCCCCCC(=O)OCc2ccccc2)CC(=O)N(CCO[C@H]2O[C@H](COC(C)=O)[C@@H](OC(C)=O)[C@H](OC(C)=O)[C@@H]2OC(C)=O)CCO[C@H]2O[C@H](COC(C)=O)[C@@H](OC(C)=O)[C@H](OC(C)=O)[C@@H]2OC(C)=O)[C@@H](OC(C)=O)[C@@H](OC(C)=O)[C@@H]1OC(C)=O. The number of amides is 3. The smallest absolute Gasteiger partial charge is 0.306 e. The van der Waals surface area contributed by atoms with Crippen molar-refractivity contribution in [1.82, 2.24) is 20.0 Å². The molecule has 4 heterocycles. The molecule has 3 amide bonds. The van der Waals surface area contributed by atoms with Crippen LogP contribution in [0.1, 0.15) is 142 Å². The minimum Gasteiger partial charge on any atom is -0.463 e. The van der Waals surface area contributed by atoms with Gasteiger partial charge >= 0.3 is 101 Å². The molecule has 132 heavy (non-hydrogen) atoms. The van der Waals surface area contributed by atoms with Crippen LogP contribution in [-0.2, 0) is 221 Å².